The smallest absolute Gasteiger partial charge is 0.251 e. The molecule has 162 valence electrons. The van der Waals surface area contributed by atoms with Crippen molar-refractivity contribution in [2.45, 2.75) is 33.4 Å². The third kappa shape index (κ3) is 6.31. The maximum absolute atomic E-state index is 12.5. The lowest BCUT2D eigenvalue weighted by Gasteiger charge is -2.36. The zero-order valence-corrected chi connectivity index (χ0v) is 18.7. The minimum Gasteiger partial charge on any atom is -0.369 e. The van der Waals surface area contributed by atoms with Crippen molar-refractivity contribution in [2.75, 3.05) is 50.7 Å². The molecule has 1 N–H and O–H groups in total. The van der Waals surface area contributed by atoms with Crippen LogP contribution in [0.1, 0.15) is 36.7 Å². The molecule has 1 aliphatic rings. The van der Waals surface area contributed by atoms with E-state index >= 15 is 0 Å². The van der Waals surface area contributed by atoms with Crippen molar-refractivity contribution < 1.29 is 4.79 Å². The molecule has 0 atom stereocenters. The van der Waals surface area contributed by atoms with E-state index < -0.39 is 0 Å². The fourth-order valence-electron chi connectivity index (χ4n) is 3.95. The number of piperazine rings is 1. The summed E-state index contributed by atoms with van der Waals surface area (Å²) in [6.07, 6.45) is 0. The third-order valence-corrected chi connectivity index (χ3v) is 5.95. The summed E-state index contributed by atoms with van der Waals surface area (Å²) in [5.74, 6) is 0.0145. The van der Waals surface area contributed by atoms with Gasteiger partial charge in [0.25, 0.3) is 5.91 Å². The minimum atomic E-state index is 0.0145. The van der Waals surface area contributed by atoms with Gasteiger partial charge < -0.3 is 10.2 Å². The Bertz CT molecular complexity index is 767. The molecule has 0 spiro atoms. The number of hydrogen-bond acceptors (Lipinski definition) is 4. The van der Waals surface area contributed by atoms with Crippen LogP contribution < -0.4 is 10.2 Å². The van der Waals surface area contributed by atoms with Crippen LogP contribution >= 0.6 is 0 Å². The van der Waals surface area contributed by atoms with Crippen LogP contribution in [0.15, 0.2) is 54.6 Å². The monoisotopic (exact) mass is 408 g/mol. The zero-order chi connectivity index (χ0) is 21.3. The second-order valence-electron chi connectivity index (χ2n) is 8.27. The van der Waals surface area contributed by atoms with Crippen LogP contribution in [0, 0.1) is 0 Å². The molecule has 0 bridgehead atoms. The number of nitrogens with zero attached hydrogens (tertiary/aromatic N) is 3. The molecule has 5 nitrogen and oxygen atoms in total. The van der Waals surface area contributed by atoms with Gasteiger partial charge in [-0.2, -0.15) is 0 Å². The van der Waals surface area contributed by atoms with E-state index in [1.165, 1.54) is 11.3 Å². The van der Waals surface area contributed by atoms with Gasteiger partial charge in [-0.05, 0) is 50.2 Å². The summed E-state index contributed by atoms with van der Waals surface area (Å²) in [7, 11) is 0. The normalized spacial score (nSPS) is 15.0. The Morgan fingerprint density at radius 3 is 2.27 bits per heavy atom. The van der Waals surface area contributed by atoms with Crippen LogP contribution in [0.4, 0.5) is 5.69 Å². The minimum absolute atomic E-state index is 0.0145. The predicted molar refractivity (Wildman–Crippen MR) is 125 cm³/mol. The van der Waals surface area contributed by atoms with E-state index in [2.05, 4.69) is 83.3 Å². The molecule has 0 radical (unpaired) electrons. The number of amides is 1. The number of rotatable bonds is 9. The van der Waals surface area contributed by atoms with Gasteiger partial charge in [0, 0.05) is 63.1 Å². The quantitative estimate of drug-likeness (QED) is 0.690. The van der Waals surface area contributed by atoms with Crippen LogP contribution in [0.25, 0.3) is 0 Å². The van der Waals surface area contributed by atoms with Crippen molar-refractivity contribution in [3.8, 4) is 0 Å². The first-order valence-corrected chi connectivity index (χ1v) is 11.2. The zero-order valence-electron chi connectivity index (χ0n) is 18.7. The fraction of sp³-hybridized carbons (Fsp3) is 0.480. The van der Waals surface area contributed by atoms with E-state index in [4.69, 9.17) is 0 Å². The van der Waals surface area contributed by atoms with Crippen molar-refractivity contribution in [2.24, 2.45) is 0 Å². The molecule has 1 heterocycles. The molecule has 2 aromatic rings. The maximum atomic E-state index is 12.5. The summed E-state index contributed by atoms with van der Waals surface area (Å²) in [5, 5.41) is 3.07. The number of benzene rings is 2. The van der Waals surface area contributed by atoms with E-state index in [1.807, 2.05) is 12.1 Å². The summed E-state index contributed by atoms with van der Waals surface area (Å²) in [6, 6.07) is 19.1. The molecular weight excluding hydrogens is 372 g/mol. The van der Waals surface area contributed by atoms with Gasteiger partial charge in [-0.1, -0.05) is 37.3 Å². The highest BCUT2D eigenvalue weighted by atomic mass is 16.1. The predicted octanol–water partition coefficient (Wildman–Crippen LogP) is 3.47. The maximum Gasteiger partial charge on any atom is 0.251 e. The standard InChI is InChI=1S/C25H36N4O/c1-4-28(21(2)3)20-22-10-12-23(13-11-22)25(30)26-14-15-27-16-18-29(19-17-27)24-8-6-5-7-9-24/h5-13,21H,4,14-20H2,1-3H3,(H,26,30). The highest BCUT2D eigenvalue weighted by Crippen LogP contribution is 2.15. The Morgan fingerprint density at radius 2 is 1.67 bits per heavy atom. The van der Waals surface area contributed by atoms with Crippen LogP contribution in [0.2, 0.25) is 0 Å². The first kappa shape index (κ1) is 22.3. The Morgan fingerprint density at radius 1 is 1.00 bits per heavy atom. The summed E-state index contributed by atoms with van der Waals surface area (Å²) in [6.45, 7) is 14.3. The fourth-order valence-corrected chi connectivity index (χ4v) is 3.95. The SMILES string of the molecule is CCN(Cc1ccc(C(=O)NCCN2CCN(c3ccccc3)CC2)cc1)C(C)C. The molecular formula is C25H36N4O. The number of carbonyl (C=O) groups excluding carboxylic acids is 1. The molecule has 30 heavy (non-hydrogen) atoms. The lowest BCUT2D eigenvalue weighted by molar-refractivity contribution is 0.0947. The average molecular weight is 409 g/mol. The van der Waals surface area contributed by atoms with E-state index in [0.717, 1.165) is 51.4 Å². The molecule has 1 aliphatic heterocycles. The number of para-hydroxylation sites is 1. The van der Waals surface area contributed by atoms with Crippen molar-refractivity contribution in [3.63, 3.8) is 0 Å². The van der Waals surface area contributed by atoms with E-state index in [9.17, 15) is 4.79 Å². The molecule has 0 unspecified atom stereocenters. The Hall–Kier alpha value is -2.37. The van der Waals surface area contributed by atoms with Crippen LogP contribution in [-0.2, 0) is 6.54 Å². The molecule has 1 amide bonds. The molecule has 3 rings (SSSR count). The van der Waals surface area contributed by atoms with Crippen LogP contribution in [-0.4, -0.2) is 67.6 Å². The number of nitrogens with one attached hydrogen (secondary N) is 1. The highest BCUT2D eigenvalue weighted by molar-refractivity contribution is 5.94. The van der Waals surface area contributed by atoms with Gasteiger partial charge in [-0.3, -0.25) is 14.6 Å². The van der Waals surface area contributed by atoms with Crippen molar-refractivity contribution in [1.82, 2.24) is 15.1 Å². The molecule has 2 aromatic carbocycles. The number of anilines is 1. The van der Waals surface area contributed by atoms with E-state index in [1.54, 1.807) is 0 Å². The second kappa shape index (κ2) is 11.1. The van der Waals surface area contributed by atoms with Gasteiger partial charge in [0.15, 0.2) is 0 Å². The van der Waals surface area contributed by atoms with Gasteiger partial charge in [-0.25, -0.2) is 0 Å². The van der Waals surface area contributed by atoms with Gasteiger partial charge >= 0.3 is 0 Å². The molecule has 1 fully saturated rings. The Labute approximate surface area is 181 Å². The molecule has 0 aliphatic carbocycles. The van der Waals surface area contributed by atoms with E-state index in [0.29, 0.717) is 12.6 Å². The average Bonchev–Trinajstić information content (AvgIpc) is 2.78. The first-order chi connectivity index (χ1) is 14.6. The number of hydrogen-bond donors (Lipinski definition) is 1. The van der Waals surface area contributed by atoms with Gasteiger partial charge in [0.05, 0.1) is 0 Å². The largest absolute Gasteiger partial charge is 0.369 e. The lowest BCUT2D eigenvalue weighted by Crippen LogP contribution is -2.48. The summed E-state index contributed by atoms with van der Waals surface area (Å²) < 4.78 is 0. The molecule has 0 aromatic heterocycles. The topological polar surface area (TPSA) is 38.8 Å². The van der Waals surface area contributed by atoms with Gasteiger partial charge in [-0.15, -0.1) is 0 Å². The van der Waals surface area contributed by atoms with E-state index in [-0.39, 0.29) is 5.91 Å². The van der Waals surface area contributed by atoms with Crippen LogP contribution in [0.3, 0.4) is 0 Å². The second-order valence-corrected chi connectivity index (χ2v) is 8.27. The molecule has 1 saturated heterocycles. The van der Waals surface area contributed by atoms with Crippen molar-refractivity contribution >= 4 is 11.6 Å². The number of carbonyl (C=O) groups is 1. The van der Waals surface area contributed by atoms with Gasteiger partial charge in [0.2, 0.25) is 0 Å². The third-order valence-electron chi connectivity index (χ3n) is 5.95. The van der Waals surface area contributed by atoms with Crippen molar-refractivity contribution in [3.05, 3.63) is 65.7 Å². The first-order valence-electron chi connectivity index (χ1n) is 11.2. The molecule has 5 heteroatoms. The highest BCUT2D eigenvalue weighted by Gasteiger charge is 2.17. The lowest BCUT2D eigenvalue weighted by atomic mass is 10.1. The molecule has 0 saturated carbocycles. The Kier molecular flexibility index (Phi) is 8.29. The van der Waals surface area contributed by atoms with Crippen molar-refractivity contribution in [1.29, 1.82) is 0 Å². The summed E-state index contributed by atoms with van der Waals surface area (Å²) >= 11 is 0. The summed E-state index contributed by atoms with van der Waals surface area (Å²) in [5.41, 5.74) is 3.28. The Balaban J connectivity index is 1.39. The van der Waals surface area contributed by atoms with Crippen LogP contribution in [0.5, 0.6) is 0 Å². The van der Waals surface area contributed by atoms with Gasteiger partial charge in [0.1, 0.15) is 0 Å². The summed E-state index contributed by atoms with van der Waals surface area (Å²) in [4.78, 5) is 19.7.